The van der Waals surface area contributed by atoms with Crippen LogP contribution in [0.25, 0.3) is 33.4 Å². The molecule has 12 heteroatoms. The summed E-state index contributed by atoms with van der Waals surface area (Å²) in [5.74, 6) is 0. The molecule has 6 N–H and O–H groups in total. The SMILES string of the molecule is Cc1c([N+](=O)[O-])cc([N+](=O)[O-])cc1[N+](=O)[O-].Nc1ccc(-c2cc(-c3ccc(N)cc3)cc(-c3ccc(N)cc3)c2)cc1. The molecule has 0 amide bonds. The molecule has 5 aromatic rings. The van der Waals surface area contributed by atoms with E-state index in [1.807, 2.05) is 72.8 Å². The Bertz CT molecular complexity index is 1630. The summed E-state index contributed by atoms with van der Waals surface area (Å²) in [5, 5.41) is 31.5. The minimum atomic E-state index is -0.917. The van der Waals surface area contributed by atoms with E-state index in [1.165, 1.54) is 6.92 Å². The minimum absolute atomic E-state index is 0.208. The van der Waals surface area contributed by atoms with E-state index in [0.29, 0.717) is 12.1 Å². The summed E-state index contributed by atoms with van der Waals surface area (Å²) in [6.45, 7) is 1.17. The molecule has 0 aliphatic carbocycles. The van der Waals surface area contributed by atoms with Crippen molar-refractivity contribution in [2.24, 2.45) is 0 Å². The van der Waals surface area contributed by atoms with Crippen molar-refractivity contribution in [3.63, 3.8) is 0 Å². The molecule has 5 aromatic carbocycles. The molecule has 0 aromatic heterocycles. The number of nitrogens with two attached hydrogens (primary N) is 3. The number of non-ortho nitro benzene ring substituents is 1. The summed E-state index contributed by atoms with van der Waals surface area (Å²) in [5.41, 5.74) is 24.4. The second-order valence-corrected chi connectivity index (χ2v) is 9.55. The molecule has 0 bridgehead atoms. The first-order chi connectivity index (χ1) is 20.4. The van der Waals surface area contributed by atoms with E-state index >= 15 is 0 Å². The molecule has 0 aliphatic rings. The number of rotatable bonds is 6. The van der Waals surface area contributed by atoms with Gasteiger partial charge in [-0.25, -0.2) is 0 Å². The van der Waals surface area contributed by atoms with Crippen LogP contribution in [0.1, 0.15) is 5.56 Å². The van der Waals surface area contributed by atoms with Crippen molar-refractivity contribution in [1.82, 2.24) is 0 Å². The fraction of sp³-hybridized carbons (Fsp3) is 0.0323. The summed E-state index contributed by atoms with van der Waals surface area (Å²) in [7, 11) is 0. The van der Waals surface area contributed by atoms with Gasteiger partial charge in [0.25, 0.3) is 17.1 Å². The average Bonchev–Trinajstić information content (AvgIpc) is 2.98. The standard InChI is InChI=1S/C24H21N3.C7H5N3O6/c25-22-7-1-16(2-8-22)19-13-20(17-3-9-23(26)10-4-17)15-21(14-19)18-5-11-24(27)12-6-18;1-4-6(9(13)14)2-5(8(11)12)3-7(4)10(15)16/h1-15H,25-27H2;2-3H,1H3. The highest BCUT2D eigenvalue weighted by Gasteiger charge is 2.27. The molecule has 0 fully saturated rings. The van der Waals surface area contributed by atoms with Crippen molar-refractivity contribution in [1.29, 1.82) is 0 Å². The maximum absolute atomic E-state index is 10.5. The van der Waals surface area contributed by atoms with Gasteiger partial charge in [-0.2, -0.15) is 0 Å². The quantitative estimate of drug-likeness (QED) is 0.106. The molecule has 12 nitrogen and oxygen atoms in total. The van der Waals surface area contributed by atoms with Crippen LogP contribution in [-0.2, 0) is 0 Å². The summed E-state index contributed by atoms with van der Waals surface area (Å²) >= 11 is 0. The Morgan fingerprint density at radius 3 is 0.953 bits per heavy atom. The Morgan fingerprint density at radius 1 is 0.442 bits per heavy atom. The molecular weight excluding hydrogens is 552 g/mol. The predicted octanol–water partition coefficient (Wildman–Crippen LogP) is 7.15. The third-order valence-corrected chi connectivity index (χ3v) is 6.61. The van der Waals surface area contributed by atoms with Gasteiger partial charge in [0.1, 0.15) is 5.56 Å². The Labute approximate surface area is 245 Å². The zero-order chi connectivity index (χ0) is 31.3. The fourth-order valence-corrected chi connectivity index (χ4v) is 4.31. The second-order valence-electron chi connectivity index (χ2n) is 9.55. The highest BCUT2D eigenvalue weighted by atomic mass is 16.6. The van der Waals surface area contributed by atoms with Crippen LogP contribution < -0.4 is 17.2 Å². The lowest BCUT2D eigenvalue weighted by molar-refractivity contribution is -0.403. The summed E-state index contributed by atoms with van der Waals surface area (Å²) in [6.07, 6.45) is 0. The van der Waals surface area contributed by atoms with Gasteiger partial charge in [-0.1, -0.05) is 36.4 Å². The summed E-state index contributed by atoms with van der Waals surface area (Å²) in [4.78, 5) is 28.8. The van der Waals surface area contributed by atoms with Crippen LogP contribution in [0, 0.1) is 37.3 Å². The topological polar surface area (TPSA) is 207 Å². The largest absolute Gasteiger partial charge is 0.399 e. The lowest BCUT2D eigenvalue weighted by Gasteiger charge is -2.12. The van der Waals surface area contributed by atoms with E-state index in [9.17, 15) is 30.3 Å². The number of nitro groups is 3. The molecule has 5 rings (SSSR count). The highest BCUT2D eigenvalue weighted by Crippen LogP contribution is 2.34. The molecule has 0 aliphatic heterocycles. The Morgan fingerprint density at radius 2 is 0.721 bits per heavy atom. The number of hydrogen-bond donors (Lipinski definition) is 3. The molecule has 0 saturated heterocycles. The van der Waals surface area contributed by atoms with Crippen molar-refractivity contribution in [3.8, 4) is 33.4 Å². The summed E-state index contributed by atoms with van der Waals surface area (Å²) in [6, 6.07) is 31.8. The molecule has 0 spiro atoms. The average molecular weight is 579 g/mol. The zero-order valence-corrected chi connectivity index (χ0v) is 22.8. The monoisotopic (exact) mass is 578 g/mol. The van der Waals surface area contributed by atoms with Gasteiger partial charge in [-0.3, -0.25) is 30.3 Å². The van der Waals surface area contributed by atoms with Crippen LogP contribution in [0.4, 0.5) is 34.1 Å². The Kier molecular flexibility index (Phi) is 8.61. The number of anilines is 3. The van der Waals surface area contributed by atoms with Crippen molar-refractivity contribution >= 4 is 34.1 Å². The second kappa shape index (κ2) is 12.5. The van der Waals surface area contributed by atoms with E-state index in [2.05, 4.69) is 18.2 Å². The maximum atomic E-state index is 10.5. The Balaban J connectivity index is 0.000000227. The van der Waals surface area contributed by atoms with Gasteiger partial charge in [0, 0.05) is 17.1 Å². The third-order valence-electron chi connectivity index (χ3n) is 6.61. The van der Waals surface area contributed by atoms with Crippen LogP contribution in [0.2, 0.25) is 0 Å². The Hall–Kier alpha value is -6.30. The van der Waals surface area contributed by atoms with Gasteiger partial charge in [0.15, 0.2) is 0 Å². The number of benzene rings is 5. The smallest absolute Gasteiger partial charge is 0.286 e. The molecule has 0 heterocycles. The van der Waals surface area contributed by atoms with Gasteiger partial charge in [0.2, 0.25) is 0 Å². The number of nitrogens with zero attached hydrogens (tertiary/aromatic N) is 3. The molecular formula is C31H26N6O6. The summed E-state index contributed by atoms with van der Waals surface area (Å²) < 4.78 is 0. The molecule has 216 valence electrons. The highest BCUT2D eigenvalue weighted by molar-refractivity contribution is 5.82. The lowest BCUT2D eigenvalue weighted by Crippen LogP contribution is -2.00. The molecule has 0 atom stereocenters. The van der Waals surface area contributed by atoms with Crippen LogP contribution >= 0.6 is 0 Å². The van der Waals surface area contributed by atoms with Crippen molar-refractivity contribution in [3.05, 3.63) is 139 Å². The van der Waals surface area contributed by atoms with Crippen LogP contribution in [-0.4, -0.2) is 14.8 Å². The molecule has 0 saturated carbocycles. The van der Waals surface area contributed by atoms with Crippen LogP contribution in [0.5, 0.6) is 0 Å². The fourth-order valence-electron chi connectivity index (χ4n) is 4.31. The van der Waals surface area contributed by atoms with Gasteiger partial charge >= 0.3 is 0 Å². The van der Waals surface area contributed by atoms with E-state index in [1.54, 1.807) is 0 Å². The molecule has 0 unspecified atom stereocenters. The van der Waals surface area contributed by atoms with E-state index < -0.39 is 31.8 Å². The minimum Gasteiger partial charge on any atom is -0.399 e. The van der Waals surface area contributed by atoms with Gasteiger partial charge in [-0.05, 0) is 94.9 Å². The van der Waals surface area contributed by atoms with Gasteiger partial charge < -0.3 is 17.2 Å². The maximum Gasteiger partial charge on any atom is 0.286 e. The first-order valence-corrected chi connectivity index (χ1v) is 12.7. The lowest BCUT2D eigenvalue weighted by atomic mass is 9.93. The van der Waals surface area contributed by atoms with Crippen molar-refractivity contribution < 1.29 is 14.8 Å². The van der Waals surface area contributed by atoms with Crippen LogP contribution in [0.3, 0.4) is 0 Å². The number of hydrogen-bond acceptors (Lipinski definition) is 9. The molecule has 43 heavy (non-hydrogen) atoms. The normalized spacial score (nSPS) is 10.3. The van der Waals surface area contributed by atoms with Crippen molar-refractivity contribution in [2.75, 3.05) is 17.2 Å². The van der Waals surface area contributed by atoms with Crippen LogP contribution in [0.15, 0.2) is 103 Å². The van der Waals surface area contributed by atoms with Crippen molar-refractivity contribution in [2.45, 2.75) is 6.92 Å². The number of nitro benzene ring substituents is 3. The first kappa shape index (κ1) is 29.7. The van der Waals surface area contributed by atoms with Gasteiger partial charge in [-0.15, -0.1) is 0 Å². The zero-order valence-electron chi connectivity index (χ0n) is 22.8. The van der Waals surface area contributed by atoms with E-state index in [0.717, 1.165) is 50.4 Å². The predicted molar refractivity (Wildman–Crippen MR) is 167 cm³/mol. The van der Waals surface area contributed by atoms with E-state index in [-0.39, 0.29) is 5.56 Å². The van der Waals surface area contributed by atoms with Gasteiger partial charge in [0.05, 0.1) is 26.9 Å². The first-order valence-electron chi connectivity index (χ1n) is 12.7. The van der Waals surface area contributed by atoms with E-state index in [4.69, 9.17) is 17.2 Å². The third kappa shape index (κ3) is 7.08. The molecule has 0 radical (unpaired) electrons. The number of nitrogen functional groups attached to an aromatic ring is 3.